The van der Waals surface area contributed by atoms with Gasteiger partial charge in [0, 0.05) is 23.8 Å². The van der Waals surface area contributed by atoms with Gasteiger partial charge in [-0.25, -0.2) is 9.50 Å². The van der Waals surface area contributed by atoms with Gasteiger partial charge in [-0.1, -0.05) is 54.6 Å². The third kappa shape index (κ3) is 3.39. The second-order valence-corrected chi connectivity index (χ2v) is 8.64. The first kappa shape index (κ1) is 21.5. The molecule has 0 radical (unpaired) electrons. The van der Waals surface area contributed by atoms with E-state index in [1.54, 1.807) is 23.0 Å². The number of nitrogens with one attached hydrogen (secondary N) is 1. The third-order valence-electron chi connectivity index (χ3n) is 6.39. The lowest BCUT2D eigenvalue weighted by molar-refractivity contribution is 0.0941. The average molecular weight is 475 g/mol. The number of hydrogen-bond acceptors (Lipinski definition) is 5. The van der Waals surface area contributed by atoms with E-state index >= 15 is 0 Å². The Morgan fingerprint density at radius 1 is 0.972 bits per heavy atom. The first-order chi connectivity index (χ1) is 17.5. The highest BCUT2D eigenvalue weighted by Crippen LogP contribution is 2.27. The van der Waals surface area contributed by atoms with Crippen molar-refractivity contribution in [2.75, 3.05) is 5.73 Å². The van der Waals surface area contributed by atoms with Crippen LogP contribution in [-0.2, 0) is 0 Å². The van der Waals surface area contributed by atoms with Gasteiger partial charge in [-0.2, -0.15) is 0 Å². The van der Waals surface area contributed by atoms with Crippen LogP contribution in [0.5, 0.6) is 0 Å². The average Bonchev–Trinajstić information content (AvgIpc) is 3.24. The lowest BCUT2D eigenvalue weighted by Gasteiger charge is -2.21. The van der Waals surface area contributed by atoms with E-state index in [-0.39, 0.29) is 16.9 Å². The normalized spacial score (nSPS) is 12.2. The highest BCUT2D eigenvalue weighted by molar-refractivity contribution is 6.07. The molecule has 36 heavy (non-hydrogen) atoms. The van der Waals surface area contributed by atoms with Crippen LogP contribution in [0.1, 0.15) is 29.0 Å². The van der Waals surface area contributed by atoms with E-state index in [1.165, 1.54) is 4.52 Å². The molecule has 0 aliphatic carbocycles. The largest absolute Gasteiger partial charge is 0.381 e. The Balaban J connectivity index is 1.52. The van der Waals surface area contributed by atoms with Crippen molar-refractivity contribution < 1.29 is 4.79 Å². The van der Waals surface area contributed by atoms with Gasteiger partial charge in [0.2, 0.25) is 0 Å². The molecule has 8 heteroatoms. The molecule has 0 bridgehead atoms. The fraction of sp³-hybridized carbons (Fsp3) is 0.0714. The first-order valence-electron chi connectivity index (χ1n) is 11.6. The number of pyridine rings is 1. The van der Waals surface area contributed by atoms with Crippen molar-refractivity contribution in [2.24, 2.45) is 0 Å². The standard InChI is InChI=1S/C28H22N6O2/c1-17(31-27(35)24-25(29)32-33-15-7-14-30-26(24)33)22-16-19-13-12-18-8-5-6-11-21(18)23(19)28(36)34(22)20-9-3-2-4-10-20/h2-17H,1H3,(H2,29,32)(H,31,35)/t17-/m1/s1. The molecule has 3 aromatic heterocycles. The number of benzene rings is 3. The Hall–Kier alpha value is -4.98. The molecule has 8 nitrogen and oxygen atoms in total. The van der Waals surface area contributed by atoms with Crippen LogP contribution in [0.15, 0.2) is 96.1 Å². The highest BCUT2D eigenvalue weighted by atomic mass is 16.2. The molecule has 176 valence electrons. The Morgan fingerprint density at radius 2 is 1.72 bits per heavy atom. The fourth-order valence-electron chi connectivity index (χ4n) is 4.73. The summed E-state index contributed by atoms with van der Waals surface area (Å²) in [6.45, 7) is 1.84. The van der Waals surface area contributed by atoms with Gasteiger partial charge in [-0.3, -0.25) is 14.2 Å². The maximum atomic E-state index is 14.0. The molecule has 1 atom stereocenters. The number of anilines is 1. The molecule has 3 aromatic carbocycles. The molecule has 0 aliphatic heterocycles. The molecule has 6 aromatic rings. The first-order valence-corrected chi connectivity index (χ1v) is 11.6. The van der Waals surface area contributed by atoms with Crippen LogP contribution in [0.2, 0.25) is 0 Å². The molecule has 1 amide bonds. The molecule has 0 spiro atoms. The summed E-state index contributed by atoms with van der Waals surface area (Å²) >= 11 is 0. The summed E-state index contributed by atoms with van der Waals surface area (Å²) in [6.07, 6.45) is 3.26. The van der Waals surface area contributed by atoms with Crippen molar-refractivity contribution >= 4 is 38.9 Å². The number of hydrogen-bond donors (Lipinski definition) is 2. The van der Waals surface area contributed by atoms with Crippen molar-refractivity contribution in [2.45, 2.75) is 13.0 Å². The zero-order chi connectivity index (χ0) is 24.8. The van der Waals surface area contributed by atoms with E-state index in [4.69, 9.17) is 5.73 Å². The van der Waals surface area contributed by atoms with E-state index in [0.29, 0.717) is 22.4 Å². The number of amides is 1. The zero-order valence-corrected chi connectivity index (χ0v) is 19.4. The summed E-state index contributed by atoms with van der Waals surface area (Å²) in [4.78, 5) is 31.6. The molecule has 6 rings (SSSR count). The van der Waals surface area contributed by atoms with Gasteiger partial charge in [-0.15, -0.1) is 5.10 Å². The van der Waals surface area contributed by atoms with E-state index in [0.717, 1.165) is 16.2 Å². The van der Waals surface area contributed by atoms with E-state index < -0.39 is 11.9 Å². The van der Waals surface area contributed by atoms with Crippen molar-refractivity contribution in [1.82, 2.24) is 24.5 Å². The lowest BCUT2D eigenvalue weighted by Crippen LogP contribution is -2.32. The maximum Gasteiger partial charge on any atom is 0.263 e. The predicted molar refractivity (Wildman–Crippen MR) is 140 cm³/mol. The predicted octanol–water partition coefficient (Wildman–Crippen LogP) is 4.26. The SMILES string of the molecule is C[C@@H](NC(=O)c1c(N)nn2cccnc12)c1cc2ccc3ccccc3c2c(=O)n1-c1ccccc1. The number of nitrogens with two attached hydrogens (primary N) is 1. The van der Waals surface area contributed by atoms with Crippen LogP contribution in [-0.4, -0.2) is 25.1 Å². The van der Waals surface area contributed by atoms with Gasteiger partial charge in [-0.05, 0) is 47.3 Å². The van der Waals surface area contributed by atoms with Gasteiger partial charge in [0.05, 0.1) is 11.4 Å². The minimum atomic E-state index is -0.528. The van der Waals surface area contributed by atoms with Crippen LogP contribution in [0, 0.1) is 0 Å². The number of nitrogens with zero attached hydrogens (tertiary/aromatic N) is 4. The Kier molecular flexibility index (Phi) is 5.00. The van der Waals surface area contributed by atoms with Crippen LogP contribution < -0.4 is 16.6 Å². The topological polar surface area (TPSA) is 107 Å². The molecule has 0 fully saturated rings. The molecule has 0 saturated heterocycles. The Morgan fingerprint density at radius 3 is 2.56 bits per heavy atom. The van der Waals surface area contributed by atoms with E-state index in [9.17, 15) is 9.59 Å². The zero-order valence-electron chi connectivity index (χ0n) is 19.4. The number of para-hydroxylation sites is 1. The Bertz CT molecular complexity index is 1840. The smallest absolute Gasteiger partial charge is 0.263 e. The van der Waals surface area contributed by atoms with Gasteiger partial charge in [0.1, 0.15) is 5.56 Å². The molecule has 3 heterocycles. The van der Waals surface area contributed by atoms with E-state index in [2.05, 4.69) is 15.4 Å². The number of carbonyl (C=O) groups is 1. The fourth-order valence-corrected chi connectivity index (χ4v) is 4.73. The highest BCUT2D eigenvalue weighted by Gasteiger charge is 2.23. The molecule has 0 unspecified atom stereocenters. The summed E-state index contributed by atoms with van der Waals surface area (Å²) < 4.78 is 3.13. The molecule has 0 aliphatic rings. The van der Waals surface area contributed by atoms with Crippen LogP contribution in [0.4, 0.5) is 5.82 Å². The van der Waals surface area contributed by atoms with Crippen LogP contribution in [0.3, 0.4) is 0 Å². The quantitative estimate of drug-likeness (QED) is 0.371. The summed E-state index contributed by atoms with van der Waals surface area (Å²) in [5.74, 6) is -0.330. The van der Waals surface area contributed by atoms with Crippen LogP contribution >= 0.6 is 0 Å². The summed E-state index contributed by atoms with van der Waals surface area (Å²) in [7, 11) is 0. The van der Waals surface area contributed by atoms with Crippen molar-refractivity contribution in [3.05, 3.63) is 113 Å². The van der Waals surface area contributed by atoms with Gasteiger partial charge in [0.25, 0.3) is 11.5 Å². The maximum absolute atomic E-state index is 14.0. The van der Waals surface area contributed by atoms with Gasteiger partial charge >= 0.3 is 0 Å². The monoisotopic (exact) mass is 474 g/mol. The lowest BCUT2D eigenvalue weighted by atomic mass is 10.0. The van der Waals surface area contributed by atoms with Crippen LogP contribution in [0.25, 0.3) is 32.9 Å². The minimum absolute atomic E-state index is 0.0869. The van der Waals surface area contributed by atoms with Gasteiger partial charge < -0.3 is 11.1 Å². The third-order valence-corrected chi connectivity index (χ3v) is 6.39. The summed E-state index contributed by atoms with van der Waals surface area (Å²) in [6, 6.07) is 24.3. The molecular formula is C28H22N6O2. The van der Waals surface area contributed by atoms with Crippen molar-refractivity contribution in [1.29, 1.82) is 0 Å². The number of aromatic nitrogens is 4. The number of carbonyl (C=O) groups excluding carboxylic acids is 1. The number of nitrogen functional groups attached to an aromatic ring is 1. The second kappa shape index (κ2) is 8.35. The summed E-state index contributed by atoms with van der Waals surface area (Å²) in [5.41, 5.74) is 7.82. The minimum Gasteiger partial charge on any atom is -0.381 e. The summed E-state index contributed by atoms with van der Waals surface area (Å²) in [5, 5.41) is 10.5. The number of rotatable bonds is 4. The molecular weight excluding hydrogens is 452 g/mol. The molecule has 3 N–H and O–H groups in total. The van der Waals surface area contributed by atoms with Gasteiger partial charge in [0.15, 0.2) is 11.5 Å². The van der Waals surface area contributed by atoms with Crippen molar-refractivity contribution in [3.63, 3.8) is 0 Å². The van der Waals surface area contributed by atoms with Crippen molar-refractivity contribution in [3.8, 4) is 5.69 Å². The molecule has 0 saturated carbocycles. The van der Waals surface area contributed by atoms with E-state index in [1.807, 2.05) is 79.7 Å². The number of fused-ring (bicyclic) bond motifs is 4. The Labute approximate surface area is 205 Å². The second-order valence-electron chi connectivity index (χ2n) is 8.64.